The molecule has 0 saturated heterocycles. The molecule has 1 aromatic carbocycles. The molecule has 5 heteroatoms. The molecule has 0 fully saturated rings. The molecule has 0 aliphatic carbocycles. The Kier molecular flexibility index (Phi) is 3.61. The van der Waals surface area contributed by atoms with Gasteiger partial charge in [-0.3, -0.25) is 9.36 Å². The first-order valence-corrected chi connectivity index (χ1v) is 8.08. The first-order valence-electron chi connectivity index (χ1n) is 8.08. The molecular formula is C19H18N4O. The lowest BCUT2D eigenvalue weighted by Gasteiger charge is -2.29. The fourth-order valence-electron chi connectivity index (χ4n) is 3.15. The number of amides is 1. The lowest BCUT2D eigenvalue weighted by atomic mass is 9.99. The van der Waals surface area contributed by atoms with Crippen molar-refractivity contribution in [2.75, 3.05) is 11.4 Å². The Morgan fingerprint density at radius 1 is 1.21 bits per heavy atom. The van der Waals surface area contributed by atoms with Crippen LogP contribution < -0.4 is 4.90 Å². The maximum Gasteiger partial charge on any atom is 0.259 e. The van der Waals surface area contributed by atoms with E-state index in [0.717, 1.165) is 30.9 Å². The van der Waals surface area contributed by atoms with Crippen LogP contribution in [0.5, 0.6) is 0 Å². The fourth-order valence-corrected chi connectivity index (χ4v) is 3.15. The molecule has 0 spiro atoms. The zero-order valence-electron chi connectivity index (χ0n) is 13.5. The first kappa shape index (κ1) is 14.6. The molecule has 0 atom stereocenters. The number of carbonyl (C=O) groups excluding carboxylic acids is 1. The maximum absolute atomic E-state index is 12.9. The van der Waals surface area contributed by atoms with E-state index in [9.17, 15) is 4.79 Å². The van der Waals surface area contributed by atoms with Gasteiger partial charge in [0.1, 0.15) is 12.1 Å². The number of hydrogen-bond donors (Lipinski definition) is 0. The summed E-state index contributed by atoms with van der Waals surface area (Å²) in [5.41, 5.74) is 4.11. The second-order valence-electron chi connectivity index (χ2n) is 6.07. The minimum Gasteiger partial charge on any atom is -0.308 e. The minimum atomic E-state index is 0.00415. The Balaban J connectivity index is 1.63. The standard InChI is InChI=1S/C19H18N4O/c1-14-4-6-17-15(11-14)3-2-9-23(17)19(24)16-5-7-18(21-12-16)22-10-8-20-13-22/h4-8,10-13H,2-3,9H2,1H3. The van der Waals surface area contributed by atoms with Gasteiger partial charge in [-0.05, 0) is 43.5 Å². The lowest BCUT2D eigenvalue weighted by Crippen LogP contribution is -2.35. The molecule has 0 N–H and O–H groups in total. The van der Waals surface area contributed by atoms with Crippen molar-refractivity contribution in [1.82, 2.24) is 14.5 Å². The monoisotopic (exact) mass is 318 g/mol. The normalized spacial score (nSPS) is 13.6. The van der Waals surface area contributed by atoms with Crippen LogP contribution in [0.2, 0.25) is 0 Å². The van der Waals surface area contributed by atoms with E-state index in [0.29, 0.717) is 5.56 Å². The summed E-state index contributed by atoms with van der Waals surface area (Å²) in [6.45, 7) is 2.83. The van der Waals surface area contributed by atoms with E-state index in [4.69, 9.17) is 0 Å². The Hall–Kier alpha value is -2.95. The molecule has 24 heavy (non-hydrogen) atoms. The molecule has 0 radical (unpaired) electrons. The third kappa shape index (κ3) is 2.58. The number of carbonyl (C=O) groups is 1. The second-order valence-corrected chi connectivity index (χ2v) is 6.07. The largest absolute Gasteiger partial charge is 0.308 e. The van der Waals surface area contributed by atoms with E-state index in [-0.39, 0.29) is 5.91 Å². The Morgan fingerprint density at radius 3 is 2.88 bits per heavy atom. The highest BCUT2D eigenvalue weighted by molar-refractivity contribution is 6.06. The lowest BCUT2D eigenvalue weighted by molar-refractivity contribution is 0.0985. The van der Waals surface area contributed by atoms with E-state index in [2.05, 4.69) is 35.1 Å². The van der Waals surface area contributed by atoms with Crippen LogP contribution in [0.15, 0.2) is 55.2 Å². The fraction of sp³-hybridized carbons (Fsp3) is 0.211. The van der Waals surface area contributed by atoms with Crippen molar-refractivity contribution in [3.05, 3.63) is 71.9 Å². The third-order valence-corrected chi connectivity index (χ3v) is 4.36. The summed E-state index contributed by atoms with van der Waals surface area (Å²) in [7, 11) is 0. The van der Waals surface area contributed by atoms with Crippen LogP contribution in [-0.2, 0) is 6.42 Å². The second kappa shape index (κ2) is 5.92. The highest BCUT2D eigenvalue weighted by atomic mass is 16.2. The quantitative estimate of drug-likeness (QED) is 0.729. The van der Waals surface area contributed by atoms with E-state index < -0.39 is 0 Å². The van der Waals surface area contributed by atoms with Gasteiger partial charge < -0.3 is 4.90 Å². The summed E-state index contributed by atoms with van der Waals surface area (Å²) in [4.78, 5) is 23.2. The summed E-state index contributed by atoms with van der Waals surface area (Å²) in [5, 5.41) is 0. The number of imidazole rings is 1. The van der Waals surface area contributed by atoms with Crippen LogP contribution >= 0.6 is 0 Å². The molecule has 1 aliphatic rings. The summed E-state index contributed by atoms with van der Waals surface area (Å²) < 4.78 is 1.81. The van der Waals surface area contributed by atoms with Crippen LogP contribution in [0.1, 0.15) is 27.9 Å². The van der Waals surface area contributed by atoms with Crippen molar-refractivity contribution < 1.29 is 4.79 Å². The third-order valence-electron chi connectivity index (χ3n) is 4.36. The number of aryl methyl sites for hydroxylation is 2. The van der Waals surface area contributed by atoms with Crippen LogP contribution in [0.3, 0.4) is 0 Å². The van der Waals surface area contributed by atoms with Crippen molar-refractivity contribution in [2.45, 2.75) is 19.8 Å². The molecule has 1 amide bonds. The number of aromatic nitrogens is 3. The number of nitrogens with zero attached hydrogens (tertiary/aromatic N) is 4. The molecule has 3 heterocycles. The van der Waals surface area contributed by atoms with Crippen LogP contribution in [0, 0.1) is 6.92 Å². The van der Waals surface area contributed by atoms with Crippen molar-refractivity contribution >= 4 is 11.6 Å². The molecule has 0 saturated carbocycles. The van der Waals surface area contributed by atoms with Gasteiger partial charge in [0.15, 0.2) is 0 Å². The van der Waals surface area contributed by atoms with E-state index in [1.165, 1.54) is 11.1 Å². The predicted octanol–water partition coefficient (Wildman–Crippen LogP) is 3.17. The highest BCUT2D eigenvalue weighted by Gasteiger charge is 2.23. The average Bonchev–Trinajstić information content (AvgIpc) is 3.15. The summed E-state index contributed by atoms with van der Waals surface area (Å²) >= 11 is 0. The maximum atomic E-state index is 12.9. The van der Waals surface area contributed by atoms with Crippen LogP contribution in [0.4, 0.5) is 5.69 Å². The van der Waals surface area contributed by atoms with Crippen molar-refractivity contribution in [3.63, 3.8) is 0 Å². The topological polar surface area (TPSA) is 51.0 Å². The molecule has 3 aromatic rings. The van der Waals surface area contributed by atoms with Gasteiger partial charge in [0, 0.05) is 30.8 Å². The van der Waals surface area contributed by atoms with Gasteiger partial charge in [0.25, 0.3) is 5.91 Å². The molecule has 4 rings (SSSR count). The smallest absolute Gasteiger partial charge is 0.259 e. The van der Waals surface area contributed by atoms with Gasteiger partial charge in [-0.15, -0.1) is 0 Å². The highest BCUT2D eigenvalue weighted by Crippen LogP contribution is 2.29. The average molecular weight is 318 g/mol. The number of anilines is 1. The Bertz CT molecular complexity index is 869. The SMILES string of the molecule is Cc1ccc2c(c1)CCCN2C(=O)c1ccc(-n2ccnc2)nc1. The molecule has 2 aromatic heterocycles. The zero-order chi connectivity index (χ0) is 16.5. The van der Waals surface area contributed by atoms with Gasteiger partial charge >= 0.3 is 0 Å². The van der Waals surface area contributed by atoms with Crippen molar-refractivity contribution in [3.8, 4) is 5.82 Å². The number of pyridine rings is 1. The summed E-state index contributed by atoms with van der Waals surface area (Å²) in [6.07, 6.45) is 8.87. The number of fused-ring (bicyclic) bond motifs is 1. The van der Waals surface area contributed by atoms with Gasteiger partial charge in [-0.1, -0.05) is 17.7 Å². The Labute approximate surface area is 140 Å². The van der Waals surface area contributed by atoms with Crippen LogP contribution in [0.25, 0.3) is 5.82 Å². The van der Waals surface area contributed by atoms with Gasteiger partial charge in [0.05, 0.1) is 5.56 Å². The summed E-state index contributed by atoms with van der Waals surface area (Å²) in [6, 6.07) is 9.96. The molecule has 0 unspecified atom stereocenters. The number of hydrogen-bond acceptors (Lipinski definition) is 3. The molecule has 120 valence electrons. The molecule has 0 bridgehead atoms. The van der Waals surface area contributed by atoms with Crippen LogP contribution in [-0.4, -0.2) is 27.0 Å². The predicted molar refractivity (Wildman–Crippen MR) is 92.5 cm³/mol. The first-order chi connectivity index (χ1) is 11.7. The van der Waals surface area contributed by atoms with Crippen molar-refractivity contribution in [2.24, 2.45) is 0 Å². The zero-order valence-corrected chi connectivity index (χ0v) is 13.5. The Morgan fingerprint density at radius 2 is 2.12 bits per heavy atom. The van der Waals surface area contributed by atoms with Crippen molar-refractivity contribution in [1.29, 1.82) is 0 Å². The van der Waals surface area contributed by atoms with E-state index >= 15 is 0 Å². The number of benzene rings is 1. The minimum absolute atomic E-state index is 0.00415. The molecule has 5 nitrogen and oxygen atoms in total. The van der Waals surface area contributed by atoms with Gasteiger partial charge in [-0.2, -0.15) is 0 Å². The molecule has 1 aliphatic heterocycles. The number of rotatable bonds is 2. The van der Waals surface area contributed by atoms with E-state index in [1.807, 2.05) is 27.8 Å². The van der Waals surface area contributed by atoms with E-state index in [1.54, 1.807) is 18.7 Å². The van der Waals surface area contributed by atoms with Gasteiger partial charge in [0.2, 0.25) is 0 Å². The van der Waals surface area contributed by atoms with Gasteiger partial charge in [-0.25, -0.2) is 9.97 Å². The molecular weight excluding hydrogens is 300 g/mol. The summed E-state index contributed by atoms with van der Waals surface area (Å²) in [5.74, 6) is 0.753.